The minimum Gasteiger partial charge on any atom is -0.476 e. The van der Waals surface area contributed by atoms with Crippen LogP contribution in [0.5, 0.6) is 17.6 Å². The lowest BCUT2D eigenvalue weighted by atomic mass is 9.94. The summed E-state index contributed by atoms with van der Waals surface area (Å²) in [6.07, 6.45) is 34.3. The van der Waals surface area contributed by atoms with Crippen LogP contribution in [0.4, 0.5) is 75.8 Å². The number of nitrogens with zero attached hydrogens (tertiary/aromatic N) is 11. The molecule has 10 amide bonds. The molecule has 10 aliphatic carbocycles. The van der Waals surface area contributed by atoms with Gasteiger partial charge < -0.3 is 50.8 Å². The maximum absolute atomic E-state index is 14.4. The highest BCUT2D eigenvalue weighted by molar-refractivity contribution is 7.91. The molecule has 5 aliphatic heterocycles. The van der Waals surface area contributed by atoms with Crippen LogP contribution in [-0.2, 0) is 217 Å². The number of fused-ring (bicyclic) bond motifs is 15. The van der Waals surface area contributed by atoms with Gasteiger partial charge in [-0.1, -0.05) is 44.2 Å². The minimum absolute atomic E-state index is 0.0251. The SMILES string of the molecule is CC1(C)COc2c(S(=O)(=O)NC(=O)Nc3c4c(cc5c3CCC5)CCC4)cnn2C1.CN1CCCn2ncc(S(=O)(=O)NC(=O)Nc3c4c(cc5c3CCC5)CCC4)c21.O=C(Nc1c2c(cc3c1CCC3)CCC2)NS(=O)(=O)c1cnn2c1C(F)(F)CCC2.O=C(Nc1c2c(cc3c1CCC3)CCC2)NS(=O)(=O)c1cnn2c1OCC(F)(F)C2.O=C(Nc1c2c(cc3c1CCC3)CCC2)NS(=O)(=O)c1cnn2c1OCC(O)C2. The molecule has 0 fully saturated rings. The lowest BCUT2D eigenvalue weighted by Gasteiger charge is -2.30. The third-order valence-electron chi connectivity index (χ3n) is 30.2. The summed E-state index contributed by atoms with van der Waals surface area (Å²) in [5.74, 6) is -6.02. The van der Waals surface area contributed by atoms with Crippen molar-refractivity contribution in [1.82, 2.24) is 72.5 Å². The smallest absolute Gasteiger partial charge is 0.333 e. The first kappa shape index (κ1) is 101. The second kappa shape index (κ2) is 39.2. The Balaban J connectivity index is 0.000000108. The molecule has 15 aliphatic rings. The molecular formula is C99H115F4N21O19S5. The number of amides is 10. The second-order valence-electron chi connectivity index (χ2n) is 41.2. The number of urea groups is 5. The van der Waals surface area contributed by atoms with Crippen LogP contribution in [0.15, 0.2) is 85.8 Å². The van der Waals surface area contributed by atoms with Gasteiger partial charge in [0, 0.05) is 67.0 Å². The van der Waals surface area contributed by atoms with E-state index in [1.165, 1.54) is 88.5 Å². The van der Waals surface area contributed by atoms with E-state index in [-0.39, 0.29) is 63.9 Å². The van der Waals surface area contributed by atoms with E-state index in [0.29, 0.717) is 36.9 Å². The number of ether oxygens (including phenoxy) is 3. The summed E-state index contributed by atoms with van der Waals surface area (Å²) in [4.78, 5) is 63.8. The molecule has 10 heterocycles. The summed E-state index contributed by atoms with van der Waals surface area (Å²) in [6, 6.07) is 7.10. The Morgan fingerprint density at radius 3 is 0.966 bits per heavy atom. The average Bonchev–Trinajstić information content (AvgIpc) is 1.59. The fourth-order valence-corrected chi connectivity index (χ4v) is 28.9. The zero-order valence-electron chi connectivity index (χ0n) is 81.8. The number of sulfonamides is 5. The number of carbonyl (C=O) groups is 5. The van der Waals surface area contributed by atoms with Crippen LogP contribution in [0.25, 0.3) is 0 Å². The summed E-state index contributed by atoms with van der Waals surface area (Å²) in [5.41, 5.74) is 26.5. The first-order valence-electron chi connectivity index (χ1n) is 50.4. The van der Waals surface area contributed by atoms with Gasteiger partial charge in [-0.3, -0.25) is 4.68 Å². The molecule has 5 aromatic carbocycles. The molecule has 49 heteroatoms. The molecule has 10 aromatic rings. The number of aliphatic hydroxyl groups is 1. The number of halogens is 4. The summed E-state index contributed by atoms with van der Waals surface area (Å²) >= 11 is 0. The maximum Gasteiger partial charge on any atom is 0.333 e. The van der Waals surface area contributed by atoms with Crippen molar-refractivity contribution in [1.29, 1.82) is 0 Å². The Hall–Kier alpha value is -12.9. The standard InChI is InChI=1S/C21H26N4O4S.C20H22F2N4O3S.C20H25N5O3S.C19H20F2N4O4S.C19H22N4O5S/c1-21(2)11-25-19(29-12-21)17(10-22-25)30(27,28)24-20(26)23-18-15-7-3-5-13(15)9-14-6-4-8-16(14)18;21-20(22)8-3-9-26-18(20)16(11-23-26)30(28,29)25-19(27)24-17-14-6-1-4-12(14)10-13-5-2-7-15(13)17;1-24-9-4-10-25-19(24)17(12-21-25)29(27,28)23-20(26)22-18-15-7-2-5-13(15)11-14-6-3-8-16(14)18;20-19(21)9-25-17(29-10-19)15(8-22-25)30(27,28)24-18(26)23-16-13-5-1-3-11(13)7-12-4-2-6-14(12)16;24-13-9-23-18(28-10-13)16(8-20-23)29(26,27)22-19(25)21-17-14-5-1-3-11(14)7-12-4-2-6-15(12)17/h9-10H,3-8,11-12H2,1-2H3,(H2,23,24,26);10-11H,1-9H2,(H2,24,25,27);11-12H,2-10H2,1H3,(H2,22,23,26);7-8H,1-6,9-10H2,(H2,23,24,26);7-8,13,24H,1-6,9-10H2,(H2,21,22,25). The number of alkyl halides is 4. The molecule has 1 atom stereocenters. The van der Waals surface area contributed by atoms with Crippen molar-refractivity contribution in [2.45, 2.75) is 301 Å². The number of nitrogens with one attached hydrogen (secondary N) is 10. The average molecular weight is 2140 g/mol. The number of hydrogen-bond acceptors (Lipinski definition) is 25. The monoisotopic (exact) mass is 2140 g/mol. The van der Waals surface area contributed by atoms with Crippen LogP contribution < -0.4 is 69.3 Å². The van der Waals surface area contributed by atoms with Crippen molar-refractivity contribution in [3.05, 3.63) is 178 Å². The van der Waals surface area contributed by atoms with Crippen molar-refractivity contribution >= 4 is 115 Å². The van der Waals surface area contributed by atoms with E-state index in [1.807, 2.05) is 35.2 Å². The number of carbonyl (C=O) groups excluding carboxylic acids is 5. The van der Waals surface area contributed by atoms with Crippen molar-refractivity contribution in [2.75, 3.05) is 64.9 Å². The molecule has 0 radical (unpaired) electrons. The number of anilines is 6. The molecule has 25 rings (SSSR count). The number of hydrogen-bond donors (Lipinski definition) is 11. The molecule has 1 unspecified atom stereocenters. The van der Waals surface area contributed by atoms with Crippen molar-refractivity contribution in [3.63, 3.8) is 0 Å². The highest BCUT2D eigenvalue weighted by Crippen LogP contribution is 2.48. The molecule has 0 spiro atoms. The van der Waals surface area contributed by atoms with Gasteiger partial charge in [0.2, 0.25) is 17.6 Å². The molecule has 0 saturated carbocycles. The Kier molecular flexibility index (Phi) is 26.8. The highest BCUT2D eigenvalue weighted by atomic mass is 32.2. The Morgan fingerprint density at radius 1 is 0.338 bits per heavy atom. The molecule has 788 valence electrons. The zero-order chi connectivity index (χ0) is 104. The van der Waals surface area contributed by atoms with E-state index in [2.05, 4.69) is 96.6 Å². The van der Waals surface area contributed by atoms with Gasteiger partial charge in [0.15, 0.2) is 21.3 Å². The quantitative estimate of drug-likeness (QED) is 0.0425. The Bertz CT molecular complexity index is 7430. The molecule has 11 N–H and O–H groups in total. The van der Waals surface area contributed by atoms with Crippen LogP contribution >= 0.6 is 0 Å². The maximum atomic E-state index is 14.4. The van der Waals surface area contributed by atoms with E-state index in [0.717, 1.165) is 295 Å². The minimum atomic E-state index is -4.50. The number of aryl methyl sites for hydroxylation is 12. The van der Waals surface area contributed by atoms with Gasteiger partial charge in [0.05, 0.1) is 50.7 Å². The molecule has 0 bridgehead atoms. The molecule has 40 nitrogen and oxygen atoms in total. The lowest BCUT2D eigenvalue weighted by Crippen LogP contribution is -2.38. The van der Waals surface area contributed by atoms with Gasteiger partial charge >= 0.3 is 36.1 Å². The largest absolute Gasteiger partial charge is 0.476 e. The first-order chi connectivity index (χ1) is 70.6. The third-order valence-corrected chi connectivity index (χ3v) is 36.8. The zero-order valence-corrected chi connectivity index (χ0v) is 85.9. The van der Waals surface area contributed by atoms with Crippen LogP contribution in [0.3, 0.4) is 0 Å². The van der Waals surface area contributed by atoms with Crippen LogP contribution in [-0.4, -0.2) is 172 Å². The molecular weight excluding hydrogens is 2020 g/mol. The molecule has 0 saturated heterocycles. The first-order valence-corrected chi connectivity index (χ1v) is 57.8. The van der Waals surface area contributed by atoms with Gasteiger partial charge in [-0.2, -0.15) is 34.3 Å². The van der Waals surface area contributed by atoms with Crippen molar-refractivity contribution in [3.8, 4) is 17.6 Å². The number of rotatable bonds is 15. The second-order valence-corrected chi connectivity index (χ2v) is 49.4. The van der Waals surface area contributed by atoms with E-state index < -0.39 is 133 Å². The summed E-state index contributed by atoms with van der Waals surface area (Å²) < 4.78 is 216. The summed E-state index contributed by atoms with van der Waals surface area (Å²) in [6.45, 7) is 5.00. The fraction of sp³-hybridized carbons (Fsp3) is 0.495. The van der Waals surface area contributed by atoms with E-state index in [1.54, 1.807) is 4.68 Å². The fourth-order valence-electron chi connectivity index (χ4n) is 23.7. The van der Waals surface area contributed by atoms with E-state index in [9.17, 15) is 88.7 Å². The summed E-state index contributed by atoms with van der Waals surface area (Å²) in [7, 11) is -19.3. The van der Waals surface area contributed by atoms with Gasteiger partial charge in [0.1, 0.15) is 40.6 Å². The Labute approximate surface area is 851 Å². The number of aliphatic hydroxyl groups excluding tert-OH is 1. The lowest BCUT2D eigenvalue weighted by molar-refractivity contribution is -0.0806. The van der Waals surface area contributed by atoms with Crippen LogP contribution in [0.1, 0.15) is 214 Å². The topological polar surface area (TPSA) is 517 Å². The van der Waals surface area contributed by atoms with Crippen molar-refractivity contribution in [2.24, 2.45) is 5.41 Å². The normalized spacial score (nSPS) is 18.9. The highest BCUT2D eigenvalue weighted by Gasteiger charge is 2.47. The van der Waals surface area contributed by atoms with Crippen LogP contribution in [0, 0.1) is 5.41 Å². The van der Waals surface area contributed by atoms with Crippen LogP contribution in [0.2, 0.25) is 0 Å². The van der Waals surface area contributed by atoms with Crippen molar-refractivity contribution < 1.29 is 103 Å². The van der Waals surface area contributed by atoms with Gasteiger partial charge in [-0.15, -0.1) is 0 Å². The third kappa shape index (κ3) is 20.0. The molecule has 5 aromatic heterocycles. The predicted octanol–water partition coefficient (Wildman–Crippen LogP) is 11.8. The summed E-state index contributed by atoms with van der Waals surface area (Å²) in [5, 5.41) is 43.3. The number of benzene rings is 5. The molecule has 148 heavy (non-hydrogen) atoms. The van der Waals surface area contributed by atoms with Gasteiger partial charge in [-0.25, -0.2) is 117 Å². The van der Waals surface area contributed by atoms with Gasteiger partial charge in [0.25, 0.3) is 56.0 Å². The van der Waals surface area contributed by atoms with E-state index in [4.69, 9.17) is 14.2 Å². The number of aromatic nitrogens is 10. The Morgan fingerprint density at radius 2 is 0.615 bits per heavy atom. The van der Waals surface area contributed by atoms with Gasteiger partial charge in [-0.05, 0) is 317 Å². The predicted molar refractivity (Wildman–Crippen MR) is 533 cm³/mol. The van der Waals surface area contributed by atoms with E-state index >= 15 is 0 Å².